The average Bonchev–Trinajstić information content (AvgIpc) is 3.38. The lowest BCUT2D eigenvalue weighted by molar-refractivity contribution is -0.116. The molecule has 0 radical (unpaired) electrons. The Kier molecular flexibility index (Phi) is 5.27. The molecule has 3 aromatic carbocycles. The lowest BCUT2D eigenvalue weighted by Gasteiger charge is -2.17. The largest absolute Gasteiger partial charge is 0.342 e. The van der Waals surface area contributed by atoms with E-state index in [1.165, 1.54) is 0 Å². The molecule has 5 rings (SSSR count). The molecule has 0 aliphatic carbocycles. The van der Waals surface area contributed by atoms with Gasteiger partial charge in [0.15, 0.2) is 9.84 Å². The van der Waals surface area contributed by atoms with E-state index in [0.717, 1.165) is 28.8 Å². The van der Waals surface area contributed by atoms with Gasteiger partial charge in [0.2, 0.25) is 5.91 Å². The van der Waals surface area contributed by atoms with Crippen LogP contribution in [0.4, 0.5) is 5.69 Å². The molecule has 1 amide bonds. The number of amides is 1. The number of fused-ring (bicyclic) bond motifs is 2. The van der Waals surface area contributed by atoms with Crippen LogP contribution in [0.2, 0.25) is 5.02 Å². The first-order valence-electron chi connectivity index (χ1n) is 10.4. The Morgan fingerprint density at radius 1 is 0.938 bits per heavy atom. The van der Waals surface area contributed by atoms with E-state index < -0.39 is 21.5 Å². The van der Waals surface area contributed by atoms with E-state index in [1.54, 1.807) is 17.2 Å². The van der Waals surface area contributed by atoms with Crippen LogP contribution in [0.15, 0.2) is 83.9 Å². The number of carbonyl (C=O) groups is 1. The molecule has 0 bridgehead atoms. The summed E-state index contributed by atoms with van der Waals surface area (Å²) in [5.74, 6) is -0.958. The smallest absolute Gasteiger partial charge is 0.242 e. The number of benzene rings is 3. The second-order valence-corrected chi connectivity index (χ2v) is 10.3. The normalized spacial score (nSPS) is 13.5. The van der Waals surface area contributed by atoms with E-state index in [1.807, 2.05) is 71.3 Å². The minimum absolute atomic E-state index is 0.183. The molecular formula is C25H21ClN2O3S. The van der Waals surface area contributed by atoms with Crippen molar-refractivity contribution < 1.29 is 13.2 Å². The number of sulfone groups is 1. The molecule has 32 heavy (non-hydrogen) atoms. The van der Waals surface area contributed by atoms with E-state index in [4.69, 9.17) is 11.6 Å². The molecule has 4 aromatic rings. The van der Waals surface area contributed by atoms with E-state index in [0.29, 0.717) is 23.5 Å². The Balaban J connectivity index is 1.47. The summed E-state index contributed by atoms with van der Waals surface area (Å²) >= 11 is 5.99. The number of aromatic nitrogens is 1. The lowest BCUT2D eigenvalue weighted by atomic mass is 10.2. The summed E-state index contributed by atoms with van der Waals surface area (Å²) in [6.45, 7) is 1.01. The van der Waals surface area contributed by atoms with Crippen LogP contribution in [0.3, 0.4) is 0 Å². The van der Waals surface area contributed by atoms with Crippen LogP contribution >= 0.6 is 11.6 Å². The topological polar surface area (TPSA) is 59.4 Å². The molecule has 7 heteroatoms. The quantitative estimate of drug-likeness (QED) is 0.430. The molecule has 1 aliphatic rings. The maximum atomic E-state index is 13.4. The number of hydrogen-bond acceptors (Lipinski definition) is 3. The van der Waals surface area contributed by atoms with Gasteiger partial charge in [-0.05, 0) is 41.8 Å². The summed E-state index contributed by atoms with van der Waals surface area (Å²) in [6.07, 6.45) is 2.38. The van der Waals surface area contributed by atoms with Crippen molar-refractivity contribution in [1.29, 1.82) is 0 Å². The first kappa shape index (κ1) is 20.8. The summed E-state index contributed by atoms with van der Waals surface area (Å²) in [7, 11) is -3.84. The SMILES string of the molecule is O=C(CS(=O)(=O)c1cn(Cc2ccc(Cl)cc2)c2ccccc12)N1CCc2ccccc21. The molecule has 0 spiro atoms. The Morgan fingerprint density at radius 3 is 2.47 bits per heavy atom. The highest BCUT2D eigenvalue weighted by atomic mass is 35.5. The Hall–Kier alpha value is -3.09. The third-order valence-corrected chi connectivity index (χ3v) is 7.73. The Labute approximate surface area is 191 Å². The minimum Gasteiger partial charge on any atom is -0.342 e. The van der Waals surface area contributed by atoms with Crippen molar-refractivity contribution in [2.75, 3.05) is 17.2 Å². The number of hydrogen-bond donors (Lipinski definition) is 0. The highest BCUT2D eigenvalue weighted by molar-refractivity contribution is 7.92. The molecule has 0 atom stereocenters. The monoisotopic (exact) mass is 464 g/mol. The van der Waals surface area contributed by atoms with E-state index in [-0.39, 0.29) is 4.90 Å². The van der Waals surface area contributed by atoms with Crippen LogP contribution in [0.25, 0.3) is 10.9 Å². The molecular weight excluding hydrogens is 444 g/mol. The number of para-hydroxylation sites is 2. The number of rotatable bonds is 5. The molecule has 1 aromatic heterocycles. The molecule has 0 saturated carbocycles. The van der Waals surface area contributed by atoms with Gasteiger partial charge in [0, 0.05) is 40.9 Å². The number of nitrogens with zero attached hydrogens (tertiary/aromatic N) is 2. The second-order valence-electron chi connectivity index (χ2n) is 7.95. The first-order chi connectivity index (χ1) is 15.4. The van der Waals surface area contributed by atoms with Crippen LogP contribution in [-0.4, -0.2) is 31.2 Å². The van der Waals surface area contributed by atoms with Crippen LogP contribution < -0.4 is 4.90 Å². The summed E-state index contributed by atoms with van der Waals surface area (Å²) in [6, 6.07) is 22.5. The summed E-state index contributed by atoms with van der Waals surface area (Å²) in [5, 5.41) is 1.27. The van der Waals surface area contributed by atoms with Crippen molar-refractivity contribution in [3.8, 4) is 0 Å². The number of carbonyl (C=O) groups excluding carboxylic acids is 1. The highest BCUT2D eigenvalue weighted by Gasteiger charge is 2.30. The predicted octanol–water partition coefficient (Wildman–Crippen LogP) is 4.71. The van der Waals surface area contributed by atoms with Gasteiger partial charge in [0.1, 0.15) is 5.75 Å². The summed E-state index contributed by atoms with van der Waals surface area (Å²) < 4.78 is 28.6. The summed E-state index contributed by atoms with van der Waals surface area (Å²) in [5.41, 5.74) is 3.68. The molecule has 0 N–H and O–H groups in total. The van der Waals surface area contributed by atoms with Crippen LogP contribution in [-0.2, 0) is 27.6 Å². The molecule has 0 unspecified atom stereocenters. The third kappa shape index (κ3) is 3.80. The van der Waals surface area contributed by atoms with Gasteiger partial charge in [-0.25, -0.2) is 8.42 Å². The zero-order chi connectivity index (χ0) is 22.3. The van der Waals surface area contributed by atoms with Crippen LogP contribution in [0.5, 0.6) is 0 Å². The zero-order valence-corrected chi connectivity index (χ0v) is 18.8. The Bertz CT molecular complexity index is 1430. The van der Waals surface area contributed by atoms with Gasteiger partial charge in [-0.3, -0.25) is 4.79 Å². The van der Waals surface area contributed by atoms with Gasteiger partial charge in [-0.15, -0.1) is 0 Å². The Morgan fingerprint density at radius 2 is 1.66 bits per heavy atom. The summed E-state index contributed by atoms with van der Waals surface area (Å²) in [4.78, 5) is 14.8. The fourth-order valence-corrected chi connectivity index (χ4v) is 5.85. The molecule has 5 nitrogen and oxygen atoms in total. The van der Waals surface area contributed by atoms with Gasteiger partial charge < -0.3 is 9.47 Å². The second kappa shape index (κ2) is 8.11. The lowest BCUT2D eigenvalue weighted by Crippen LogP contribution is -2.34. The van der Waals surface area contributed by atoms with Crippen molar-refractivity contribution >= 4 is 43.9 Å². The first-order valence-corrected chi connectivity index (χ1v) is 12.4. The molecule has 0 fully saturated rings. The van der Waals surface area contributed by atoms with Gasteiger partial charge in [0.05, 0.1) is 4.90 Å². The number of halogens is 1. The van der Waals surface area contributed by atoms with Crippen LogP contribution in [0, 0.1) is 0 Å². The average molecular weight is 465 g/mol. The molecule has 0 saturated heterocycles. The standard InChI is InChI=1S/C25H21ClN2O3S/c26-20-11-9-18(10-12-20)15-27-16-24(21-6-2-4-8-23(21)27)32(30,31)17-25(29)28-14-13-19-5-1-3-7-22(19)28/h1-12,16H,13-15,17H2. The van der Waals surface area contributed by atoms with E-state index in [2.05, 4.69) is 0 Å². The van der Waals surface area contributed by atoms with Crippen molar-refractivity contribution in [3.05, 3.63) is 95.1 Å². The third-order valence-electron chi connectivity index (χ3n) is 5.85. The fourth-order valence-electron chi connectivity index (χ4n) is 4.29. The zero-order valence-electron chi connectivity index (χ0n) is 17.2. The van der Waals surface area contributed by atoms with Crippen molar-refractivity contribution in [1.82, 2.24) is 4.57 Å². The van der Waals surface area contributed by atoms with Crippen molar-refractivity contribution in [2.45, 2.75) is 17.9 Å². The van der Waals surface area contributed by atoms with E-state index in [9.17, 15) is 13.2 Å². The van der Waals surface area contributed by atoms with Gasteiger partial charge in [-0.1, -0.05) is 60.1 Å². The van der Waals surface area contributed by atoms with Gasteiger partial charge in [-0.2, -0.15) is 0 Å². The molecule has 1 aliphatic heterocycles. The molecule has 2 heterocycles. The predicted molar refractivity (Wildman–Crippen MR) is 127 cm³/mol. The van der Waals surface area contributed by atoms with Gasteiger partial charge >= 0.3 is 0 Å². The highest BCUT2D eigenvalue weighted by Crippen LogP contribution is 2.30. The minimum atomic E-state index is -3.84. The maximum Gasteiger partial charge on any atom is 0.242 e. The fraction of sp³-hybridized carbons (Fsp3) is 0.160. The van der Waals surface area contributed by atoms with E-state index >= 15 is 0 Å². The molecule has 162 valence electrons. The van der Waals surface area contributed by atoms with Crippen molar-refractivity contribution in [2.24, 2.45) is 0 Å². The van der Waals surface area contributed by atoms with Gasteiger partial charge in [0.25, 0.3) is 0 Å². The maximum absolute atomic E-state index is 13.4. The van der Waals surface area contributed by atoms with Crippen molar-refractivity contribution in [3.63, 3.8) is 0 Å². The number of anilines is 1. The van der Waals surface area contributed by atoms with Crippen LogP contribution in [0.1, 0.15) is 11.1 Å².